The second-order valence-corrected chi connectivity index (χ2v) is 2.29. The molecular formula is C5H12BN. The number of hydrogen-bond acceptors (Lipinski definition) is 1. The SMILES string of the molecule is [B][C@@H](N)CC(C)C. The predicted molar refractivity (Wildman–Crippen MR) is 33.2 cm³/mol. The smallest absolute Gasteiger partial charge is 0.0903 e. The van der Waals surface area contributed by atoms with Gasteiger partial charge >= 0.3 is 0 Å². The summed E-state index contributed by atoms with van der Waals surface area (Å²) in [4.78, 5) is 0. The summed E-state index contributed by atoms with van der Waals surface area (Å²) >= 11 is 0. The van der Waals surface area contributed by atoms with Crippen LogP contribution in [0.25, 0.3) is 0 Å². The summed E-state index contributed by atoms with van der Waals surface area (Å²) in [6.07, 6.45) is 0.917. The lowest BCUT2D eigenvalue weighted by atomic mass is 9.89. The third-order valence-electron chi connectivity index (χ3n) is 0.744. The summed E-state index contributed by atoms with van der Waals surface area (Å²) in [5.74, 6) is 0.500. The van der Waals surface area contributed by atoms with Crippen LogP contribution in [-0.2, 0) is 0 Å². The van der Waals surface area contributed by atoms with E-state index < -0.39 is 0 Å². The van der Waals surface area contributed by atoms with Crippen LogP contribution >= 0.6 is 0 Å². The molecule has 0 aliphatic rings. The van der Waals surface area contributed by atoms with Gasteiger partial charge in [-0.2, -0.15) is 0 Å². The van der Waals surface area contributed by atoms with Crippen molar-refractivity contribution < 1.29 is 0 Å². The van der Waals surface area contributed by atoms with E-state index in [9.17, 15) is 0 Å². The van der Waals surface area contributed by atoms with Crippen LogP contribution in [0.15, 0.2) is 0 Å². The molecule has 0 rings (SSSR count). The molecule has 0 unspecified atom stereocenters. The molecule has 0 aliphatic carbocycles. The molecule has 1 nitrogen and oxygen atoms in total. The molecular weight excluding hydrogens is 84.9 g/mol. The van der Waals surface area contributed by atoms with Crippen LogP contribution in [0.2, 0.25) is 0 Å². The first-order chi connectivity index (χ1) is 3.13. The van der Waals surface area contributed by atoms with E-state index >= 15 is 0 Å². The van der Waals surface area contributed by atoms with Crippen molar-refractivity contribution in [2.75, 3.05) is 0 Å². The van der Waals surface area contributed by atoms with Crippen LogP contribution in [0.1, 0.15) is 20.3 Å². The minimum absolute atomic E-state index is 0.125. The highest BCUT2D eigenvalue weighted by molar-refractivity contribution is 6.11. The Morgan fingerprint density at radius 3 is 2.00 bits per heavy atom. The highest BCUT2D eigenvalue weighted by atomic mass is 14.6. The maximum Gasteiger partial charge on any atom is 0.0903 e. The average molecular weight is 97.0 g/mol. The van der Waals surface area contributed by atoms with Gasteiger partial charge in [0.25, 0.3) is 0 Å². The molecule has 0 heterocycles. The van der Waals surface area contributed by atoms with Crippen molar-refractivity contribution in [3.63, 3.8) is 0 Å². The average Bonchev–Trinajstić information content (AvgIpc) is 1.27. The summed E-state index contributed by atoms with van der Waals surface area (Å²) in [5.41, 5.74) is 5.27. The zero-order valence-electron chi connectivity index (χ0n) is 5.02. The van der Waals surface area contributed by atoms with Crippen molar-refractivity contribution in [1.29, 1.82) is 0 Å². The minimum atomic E-state index is -0.125. The molecule has 40 valence electrons. The van der Waals surface area contributed by atoms with Crippen LogP contribution in [0, 0.1) is 5.92 Å². The molecule has 0 aromatic carbocycles. The van der Waals surface area contributed by atoms with Crippen LogP contribution < -0.4 is 5.73 Å². The third-order valence-corrected chi connectivity index (χ3v) is 0.744. The fraction of sp³-hybridized carbons (Fsp3) is 1.00. The standard InChI is InChI=1S/C5H12BN/c1-4(2)3-5(6)7/h4-5H,3,7H2,1-2H3/t5-/m0/s1. The van der Waals surface area contributed by atoms with Crippen molar-refractivity contribution in [3.8, 4) is 0 Å². The molecule has 0 saturated carbocycles. The summed E-state index contributed by atoms with van der Waals surface area (Å²) < 4.78 is 0. The molecule has 0 saturated heterocycles. The van der Waals surface area contributed by atoms with E-state index in [0.29, 0.717) is 5.92 Å². The lowest BCUT2D eigenvalue weighted by Gasteiger charge is -2.06. The van der Waals surface area contributed by atoms with Gasteiger partial charge in [-0.25, -0.2) is 0 Å². The van der Waals surface area contributed by atoms with Crippen molar-refractivity contribution in [3.05, 3.63) is 0 Å². The van der Waals surface area contributed by atoms with Gasteiger partial charge in [0.1, 0.15) is 0 Å². The Balaban J connectivity index is 2.95. The summed E-state index contributed by atoms with van der Waals surface area (Å²) in [6, 6.07) is 0. The van der Waals surface area contributed by atoms with Gasteiger partial charge in [0.2, 0.25) is 0 Å². The van der Waals surface area contributed by atoms with Gasteiger partial charge in [-0.05, 0) is 18.3 Å². The Hall–Kier alpha value is 0.0249. The van der Waals surface area contributed by atoms with E-state index in [2.05, 4.69) is 13.8 Å². The molecule has 2 N–H and O–H groups in total. The van der Waals surface area contributed by atoms with E-state index in [1.807, 2.05) is 0 Å². The molecule has 0 aromatic heterocycles. The van der Waals surface area contributed by atoms with E-state index in [1.54, 1.807) is 0 Å². The molecule has 0 aromatic rings. The normalized spacial score (nSPS) is 14.9. The fourth-order valence-corrected chi connectivity index (χ4v) is 0.544. The Bertz CT molecular complexity index is 37.3. The Kier molecular flexibility index (Phi) is 3.09. The monoisotopic (exact) mass is 97.1 g/mol. The first kappa shape index (κ1) is 7.02. The molecule has 0 fully saturated rings. The molecule has 0 amide bonds. The molecule has 1 atom stereocenters. The number of hydrogen-bond donors (Lipinski definition) is 1. The van der Waals surface area contributed by atoms with E-state index in [-0.39, 0.29) is 5.94 Å². The van der Waals surface area contributed by atoms with Crippen LogP contribution in [0.3, 0.4) is 0 Å². The van der Waals surface area contributed by atoms with Gasteiger partial charge in [0.05, 0.1) is 7.85 Å². The quantitative estimate of drug-likeness (QED) is 0.498. The van der Waals surface area contributed by atoms with Gasteiger partial charge < -0.3 is 5.73 Å². The van der Waals surface area contributed by atoms with Crippen molar-refractivity contribution >= 4 is 7.85 Å². The highest BCUT2D eigenvalue weighted by Gasteiger charge is 1.95. The lowest BCUT2D eigenvalue weighted by molar-refractivity contribution is 0.571. The van der Waals surface area contributed by atoms with Crippen molar-refractivity contribution in [2.24, 2.45) is 11.7 Å². The van der Waals surface area contributed by atoms with E-state index in [1.165, 1.54) is 0 Å². The Labute approximate surface area is 46.7 Å². The van der Waals surface area contributed by atoms with Gasteiger partial charge in [-0.15, -0.1) is 0 Å². The van der Waals surface area contributed by atoms with Gasteiger partial charge in [-0.3, -0.25) is 0 Å². The van der Waals surface area contributed by atoms with Gasteiger partial charge in [0.15, 0.2) is 0 Å². The molecule has 0 bridgehead atoms. The second kappa shape index (κ2) is 3.08. The fourth-order valence-electron chi connectivity index (χ4n) is 0.544. The Morgan fingerprint density at radius 2 is 2.00 bits per heavy atom. The molecule has 2 radical (unpaired) electrons. The summed E-state index contributed by atoms with van der Waals surface area (Å²) in [6.45, 7) is 4.21. The van der Waals surface area contributed by atoms with E-state index in [4.69, 9.17) is 13.6 Å². The topological polar surface area (TPSA) is 26.0 Å². The third kappa shape index (κ3) is 6.02. The molecule has 2 heteroatoms. The maximum atomic E-state index is 5.27. The highest BCUT2D eigenvalue weighted by Crippen LogP contribution is 1.98. The number of rotatable bonds is 2. The first-order valence-corrected chi connectivity index (χ1v) is 2.64. The summed E-state index contributed by atoms with van der Waals surface area (Å²) in [7, 11) is 5.27. The van der Waals surface area contributed by atoms with Gasteiger partial charge in [0, 0.05) is 0 Å². The number of nitrogens with two attached hydrogens (primary N) is 1. The lowest BCUT2D eigenvalue weighted by Crippen LogP contribution is -2.21. The zero-order chi connectivity index (χ0) is 5.86. The molecule has 0 spiro atoms. The van der Waals surface area contributed by atoms with Crippen molar-refractivity contribution in [2.45, 2.75) is 26.2 Å². The summed E-state index contributed by atoms with van der Waals surface area (Å²) in [5, 5.41) is 0. The predicted octanol–water partition coefficient (Wildman–Crippen LogP) is 0.486. The molecule has 7 heavy (non-hydrogen) atoms. The van der Waals surface area contributed by atoms with Crippen LogP contribution in [0.5, 0.6) is 0 Å². The maximum absolute atomic E-state index is 5.27. The Morgan fingerprint density at radius 1 is 1.57 bits per heavy atom. The minimum Gasteiger partial charge on any atom is -0.336 e. The largest absolute Gasteiger partial charge is 0.336 e. The zero-order valence-corrected chi connectivity index (χ0v) is 5.02. The molecule has 0 aliphatic heterocycles. The van der Waals surface area contributed by atoms with Crippen LogP contribution in [0.4, 0.5) is 0 Å². The van der Waals surface area contributed by atoms with E-state index in [0.717, 1.165) is 6.42 Å². The first-order valence-electron chi connectivity index (χ1n) is 2.64. The van der Waals surface area contributed by atoms with Gasteiger partial charge in [-0.1, -0.05) is 13.8 Å². The second-order valence-electron chi connectivity index (χ2n) is 2.29. The van der Waals surface area contributed by atoms with Crippen LogP contribution in [-0.4, -0.2) is 13.8 Å². The van der Waals surface area contributed by atoms with Crippen molar-refractivity contribution in [1.82, 2.24) is 0 Å².